The van der Waals surface area contributed by atoms with Crippen LogP contribution in [0.5, 0.6) is 0 Å². The first-order chi connectivity index (χ1) is 8.20. The summed E-state index contributed by atoms with van der Waals surface area (Å²) >= 11 is 2.04. The number of H-pyrrole nitrogens is 1. The molecule has 0 bridgehead atoms. The minimum absolute atomic E-state index is 0.0645. The van der Waals surface area contributed by atoms with Gasteiger partial charge in [-0.3, -0.25) is 4.79 Å². The summed E-state index contributed by atoms with van der Waals surface area (Å²) in [6, 6.07) is 0.473. The number of nitrogens with one attached hydrogen (secondary N) is 2. The predicted molar refractivity (Wildman–Crippen MR) is 77.2 cm³/mol. The summed E-state index contributed by atoms with van der Waals surface area (Å²) in [5.41, 5.74) is -0.0645. The maximum atomic E-state index is 11.4. The van der Waals surface area contributed by atoms with Gasteiger partial charge in [-0.2, -0.15) is 0 Å². The van der Waals surface area contributed by atoms with Crippen molar-refractivity contribution in [3.8, 4) is 0 Å². The van der Waals surface area contributed by atoms with Crippen LogP contribution in [0.2, 0.25) is 0 Å². The molecule has 17 heavy (non-hydrogen) atoms. The van der Waals surface area contributed by atoms with E-state index in [-0.39, 0.29) is 5.56 Å². The first-order valence-corrected chi connectivity index (χ1v) is 7.28. The van der Waals surface area contributed by atoms with Crippen molar-refractivity contribution < 1.29 is 0 Å². The van der Waals surface area contributed by atoms with Crippen molar-refractivity contribution in [1.29, 1.82) is 0 Å². The second kappa shape index (κ2) is 5.84. The molecule has 0 amide bonds. The molecule has 1 aromatic rings. The summed E-state index contributed by atoms with van der Waals surface area (Å²) < 4.78 is 0.655. The van der Waals surface area contributed by atoms with Crippen LogP contribution in [0.15, 0.2) is 11.1 Å². The van der Waals surface area contributed by atoms with E-state index in [1.165, 1.54) is 38.4 Å². The Morgan fingerprint density at radius 3 is 2.82 bits per heavy atom. The van der Waals surface area contributed by atoms with Crippen molar-refractivity contribution in [2.24, 2.45) is 5.92 Å². The number of rotatable bonds is 3. The van der Waals surface area contributed by atoms with Gasteiger partial charge in [0.1, 0.15) is 9.39 Å². The maximum absolute atomic E-state index is 11.4. The molecule has 0 aliphatic heterocycles. The Labute approximate surface area is 115 Å². The Kier molecular flexibility index (Phi) is 4.42. The highest BCUT2D eigenvalue weighted by molar-refractivity contribution is 14.1. The predicted octanol–water partition coefficient (Wildman–Crippen LogP) is 2.76. The Balaban J connectivity index is 1.98. The van der Waals surface area contributed by atoms with E-state index in [9.17, 15) is 4.79 Å². The van der Waals surface area contributed by atoms with E-state index in [1.807, 2.05) is 22.6 Å². The molecular weight excluding hydrogens is 329 g/mol. The lowest BCUT2D eigenvalue weighted by atomic mass is 9.84. The van der Waals surface area contributed by atoms with Crippen LogP contribution in [0.4, 0.5) is 5.82 Å². The molecule has 5 heteroatoms. The molecule has 0 aromatic carbocycles. The van der Waals surface area contributed by atoms with Gasteiger partial charge in [0.05, 0.1) is 6.33 Å². The second-order valence-electron chi connectivity index (χ2n) is 4.66. The molecule has 0 atom stereocenters. The van der Waals surface area contributed by atoms with Gasteiger partial charge in [-0.05, 0) is 54.2 Å². The minimum Gasteiger partial charge on any atom is -0.366 e. The summed E-state index contributed by atoms with van der Waals surface area (Å²) in [5, 5.41) is 3.40. The van der Waals surface area contributed by atoms with Crippen LogP contribution < -0.4 is 10.9 Å². The topological polar surface area (TPSA) is 57.8 Å². The zero-order chi connectivity index (χ0) is 12.3. The van der Waals surface area contributed by atoms with Crippen molar-refractivity contribution in [2.45, 2.75) is 45.1 Å². The second-order valence-corrected chi connectivity index (χ2v) is 5.74. The molecule has 2 rings (SSSR count). The highest BCUT2D eigenvalue weighted by Gasteiger charge is 2.20. The number of aromatic amines is 1. The Bertz CT molecular complexity index is 424. The SMILES string of the molecule is CCC1CCC(Nc2nc[nH]c(=O)c2I)CC1. The van der Waals surface area contributed by atoms with Crippen LogP contribution in [0.1, 0.15) is 39.0 Å². The van der Waals surface area contributed by atoms with Crippen molar-refractivity contribution in [2.75, 3.05) is 5.32 Å². The molecule has 0 unspecified atom stereocenters. The summed E-state index contributed by atoms with van der Waals surface area (Å²) in [6.07, 6.45) is 7.69. The van der Waals surface area contributed by atoms with E-state index < -0.39 is 0 Å². The highest BCUT2D eigenvalue weighted by Crippen LogP contribution is 2.28. The zero-order valence-corrected chi connectivity index (χ0v) is 12.2. The van der Waals surface area contributed by atoms with Gasteiger partial charge in [0.15, 0.2) is 0 Å². The van der Waals surface area contributed by atoms with Gasteiger partial charge in [-0.25, -0.2) is 4.98 Å². The average molecular weight is 347 g/mol. The van der Waals surface area contributed by atoms with Crippen molar-refractivity contribution >= 4 is 28.4 Å². The standard InChI is InChI=1S/C12H18IN3O/c1-2-8-3-5-9(6-4-8)16-11-10(13)12(17)15-7-14-11/h7-9H,2-6H2,1H3,(H2,14,15,16,17). The van der Waals surface area contributed by atoms with Crippen LogP contribution in [-0.4, -0.2) is 16.0 Å². The Hall–Kier alpha value is -0.590. The maximum Gasteiger partial charge on any atom is 0.266 e. The first kappa shape index (κ1) is 12.9. The lowest BCUT2D eigenvalue weighted by Gasteiger charge is -2.28. The highest BCUT2D eigenvalue weighted by atomic mass is 127. The van der Waals surface area contributed by atoms with Crippen LogP contribution >= 0.6 is 22.6 Å². The molecule has 2 N–H and O–H groups in total. The van der Waals surface area contributed by atoms with Gasteiger partial charge in [0.25, 0.3) is 5.56 Å². The molecule has 4 nitrogen and oxygen atoms in total. The number of halogens is 1. The molecule has 94 valence electrons. The van der Waals surface area contributed by atoms with Gasteiger partial charge in [0.2, 0.25) is 0 Å². The molecular formula is C12H18IN3O. The van der Waals surface area contributed by atoms with Gasteiger partial charge < -0.3 is 10.3 Å². The van der Waals surface area contributed by atoms with Crippen molar-refractivity contribution in [1.82, 2.24) is 9.97 Å². The van der Waals surface area contributed by atoms with Crippen LogP contribution in [-0.2, 0) is 0 Å². The van der Waals surface area contributed by atoms with E-state index in [0.717, 1.165) is 11.7 Å². The molecule has 1 aliphatic rings. The largest absolute Gasteiger partial charge is 0.366 e. The molecule has 1 saturated carbocycles. The van der Waals surface area contributed by atoms with Gasteiger partial charge in [-0.1, -0.05) is 13.3 Å². The Morgan fingerprint density at radius 2 is 2.18 bits per heavy atom. The lowest BCUT2D eigenvalue weighted by Crippen LogP contribution is -2.28. The van der Waals surface area contributed by atoms with Gasteiger partial charge in [-0.15, -0.1) is 0 Å². The van der Waals surface area contributed by atoms with E-state index >= 15 is 0 Å². The van der Waals surface area contributed by atoms with Crippen LogP contribution in [0, 0.1) is 9.49 Å². The fourth-order valence-corrected chi connectivity index (χ4v) is 2.84. The number of anilines is 1. The number of hydrogen-bond donors (Lipinski definition) is 2. The van der Waals surface area contributed by atoms with E-state index in [1.54, 1.807) is 0 Å². The Morgan fingerprint density at radius 1 is 1.47 bits per heavy atom. The molecule has 0 spiro atoms. The summed E-state index contributed by atoms with van der Waals surface area (Å²) in [6.45, 7) is 2.26. The number of aromatic nitrogens is 2. The third-order valence-corrected chi connectivity index (χ3v) is 4.56. The molecule has 1 heterocycles. The number of nitrogens with zero attached hydrogens (tertiary/aromatic N) is 1. The monoisotopic (exact) mass is 347 g/mol. The minimum atomic E-state index is -0.0645. The molecule has 1 fully saturated rings. The normalized spacial score (nSPS) is 24.6. The summed E-state index contributed by atoms with van der Waals surface area (Å²) in [7, 11) is 0. The van der Waals surface area contributed by atoms with Gasteiger partial charge in [0, 0.05) is 6.04 Å². The fraction of sp³-hybridized carbons (Fsp3) is 0.667. The fourth-order valence-electron chi connectivity index (χ4n) is 2.39. The van der Waals surface area contributed by atoms with Crippen molar-refractivity contribution in [3.63, 3.8) is 0 Å². The smallest absolute Gasteiger partial charge is 0.266 e. The summed E-state index contributed by atoms with van der Waals surface area (Å²) in [5.74, 6) is 1.62. The molecule has 0 saturated heterocycles. The van der Waals surface area contributed by atoms with E-state index in [2.05, 4.69) is 22.2 Å². The number of hydrogen-bond acceptors (Lipinski definition) is 3. The third kappa shape index (κ3) is 3.20. The van der Waals surface area contributed by atoms with Crippen LogP contribution in [0.25, 0.3) is 0 Å². The third-order valence-electron chi connectivity index (χ3n) is 3.56. The van der Waals surface area contributed by atoms with Gasteiger partial charge >= 0.3 is 0 Å². The quantitative estimate of drug-likeness (QED) is 0.827. The molecule has 1 aromatic heterocycles. The average Bonchev–Trinajstić information content (AvgIpc) is 2.36. The zero-order valence-electron chi connectivity index (χ0n) is 10.0. The first-order valence-electron chi connectivity index (χ1n) is 6.20. The van der Waals surface area contributed by atoms with E-state index in [4.69, 9.17) is 0 Å². The molecule has 1 aliphatic carbocycles. The molecule has 0 radical (unpaired) electrons. The summed E-state index contributed by atoms with van der Waals surface area (Å²) in [4.78, 5) is 18.2. The van der Waals surface area contributed by atoms with Crippen LogP contribution in [0.3, 0.4) is 0 Å². The van der Waals surface area contributed by atoms with E-state index in [0.29, 0.717) is 9.61 Å². The lowest BCUT2D eigenvalue weighted by molar-refractivity contribution is 0.329. The van der Waals surface area contributed by atoms with Crippen molar-refractivity contribution in [3.05, 3.63) is 20.3 Å².